The number of hydrogen-bond acceptors (Lipinski definition) is 8. The number of rotatable bonds is 6. The number of hydrogen-bond donors (Lipinski definition) is 1. The number of nitrogens with zero attached hydrogens (tertiary/aromatic N) is 5. The van der Waals surface area contributed by atoms with Gasteiger partial charge in [-0.25, -0.2) is 4.79 Å². The van der Waals surface area contributed by atoms with Gasteiger partial charge in [0.05, 0.1) is 0 Å². The van der Waals surface area contributed by atoms with Crippen LogP contribution in [0.2, 0.25) is 0 Å². The van der Waals surface area contributed by atoms with Gasteiger partial charge in [-0.05, 0) is 69.6 Å². The smallest absolute Gasteiger partial charge is 0.410 e. The van der Waals surface area contributed by atoms with Crippen LogP contribution in [0.3, 0.4) is 0 Å². The molecular formula is C34H43N5O5. The van der Waals surface area contributed by atoms with E-state index in [4.69, 9.17) is 14.2 Å². The fraction of sp³-hybridized carbons (Fsp3) is 0.559. The van der Waals surface area contributed by atoms with Gasteiger partial charge < -0.3 is 24.2 Å². The molecule has 2 aromatic heterocycles. The van der Waals surface area contributed by atoms with Gasteiger partial charge in [0.2, 0.25) is 17.6 Å². The molecule has 1 unspecified atom stereocenters. The normalized spacial score (nSPS) is 20.4. The Bertz CT molecular complexity index is 1510. The zero-order valence-electron chi connectivity index (χ0n) is 26.4. The minimum atomic E-state index is -1.46. The topological polar surface area (TPSA) is 122 Å². The molecule has 234 valence electrons. The quantitative estimate of drug-likeness (QED) is 0.387. The summed E-state index contributed by atoms with van der Waals surface area (Å²) in [6.07, 6.45) is 8.14. The van der Waals surface area contributed by atoms with E-state index in [2.05, 4.69) is 22.3 Å². The van der Waals surface area contributed by atoms with Crippen LogP contribution in [0.1, 0.15) is 101 Å². The molecule has 1 atom stereocenters. The van der Waals surface area contributed by atoms with Gasteiger partial charge in [-0.3, -0.25) is 9.78 Å². The molecule has 1 aromatic carbocycles. The molecule has 0 radical (unpaired) electrons. The minimum Gasteiger partial charge on any atom is -0.444 e. The lowest BCUT2D eigenvalue weighted by Gasteiger charge is -2.56. The molecule has 2 amide bonds. The number of aromatic nitrogens is 3. The number of amides is 2. The van der Waals surface area contributed by atoms with Crippen LogP contribution in [0.15, 0.2) is 47.2 Å². The first-order valence-electron chi connectivity index (χ1n) is 15.7. The van der Waals surface area contributed by atoms with Crippen LogP contribution in [0.5, 0.6) is 0 Å². The molecule has 2 aliphatic heterocycles. The molecule has 44 heavy (non-hydrogen) atoms. The summed E-state index contributed by atoms with van der Waals surface area (Å²) in [6, 6.07) is 10.2. The minimum absolute atomic E-state index is 0.0806. The maximum Gasteiger partial charge on any atom is 0.410 e. The third-order valence-corrected chi connectivity index (χ3v) is 9.66. The number of aliphatic hydroxyl groups is 1. The monoisotopic (exact) mass is 601 g/mol. The fourth-order valence-corrected chi connectivity index (χ4v) is 6.80. The molecular weight excluding hydrogens is 558 g/mol. The van der Waals surface area contributed by atoms with Gasteiger partial charge in [0.25, 0.3) is 0 Å². The first kappa shape index (κ1) is 30.2. The Morgan fingerprint density at radius 2 is 1.66 bits per heavy atom. The maximum absolute atomic E-state index is 12.9. The zero-order chi connectivity index (χ0) is 31.3. The Hall–Kier alpha value is -3.79. The Labute approximate surface area is 258 Å². The van der Waals surface area contributed by atoms with Crippen molar-refractivity contribution in [2.24, 2.45) is 5.41 Å². The first-order chi connectivity index (χ1) is 20.9. The molecule has 3 fully saturated rings. The van der Waals surface area contributed by atoms with E-state index in [1.807, 2.05) is 50.8 Å². The van der Waals surface area contributed by atoms with Crippen molar-refractivity contribution >= 4 is 12.0 Å². The highest BCUT2D eigenvalue weighted by molar-refractivity contribution is 5.73. The summed E-state index contributed by atoms with van der Waals surface area (Å²) in [6.45, 7) is 11.1. The average molecular weight is 602 g/mol. The molecule has 10 heteroatoms. The van der Waals surface area contributed by atoms with Crippen molar-refractivity contribution in [3.8, 4) is 11.4 Å². The highest BCUT2D eigenvalue weighted by atomic mass is 16.6. The lowest BCUT2D eigenvalue weighted by molar-refractivity contribution is -0.131. The molecule has 6 rings (SSSR count). The van der Waals surface area contributed by atoms with Crippen molar-refractivity contribution in [1.82, 2.24) is 24.9 Å². The van der Waals surface area contributed by atoms with Gasteiger partial charge in [-0.15, -0.1) is 0 Å². The van der Waals surface area contributed by atoms with Crippen LogP contribution in [-0.2, 0) is 15.1 Å². The number of benzene rings is 1. The zero-order valence-corrected chi connectivity index (χ0v) is 26.4. The van der Waals surface area contributed by atoms with Gasteiger partial charge in [0, 0.05) is 68.0 Å². The Morgan fingerprint density at radius 3 is 2.25 bits per heavy atom. The highest BCUT2D eigenvalue weighted by Crippen LogP contribution is 2.51. The van der Waals surface area contributed by atoms with Crippen LogP contribution in [0.25, 0.3) is 11.4 Å². The Morgan fingerprint density at radius 1 is 0.977 bits per heavy atom. The SMILES string of the molecule is CC(=O)N1CCC(c2nc(-c3cncc(C(O)(c4ccc(C5CCC5)cc4)C4(C)CN(C(=O)OC(C)(C)C)C4)c3)no2)CC1. The van der Waals surface area contributed by atoms with E-state index in [-0.39, 0.29) is 11.8 Å². The molecule has 3 aliphatic rings. The van der Waals surface area contributed by atoms with Crippen molar-refractivity contribution in [2.45, 2.75) is 89.8 Å². The van der Waals surface area contributed by atoms with E-state index in [1.54, 1.807) is 24.2 Å². The van der Waals surface area contributed by atoms with Crippen molar-refractivity contribution in [3.05, 3.63) is 65.3 Å². The number of carbonyl (C=O) groups excluding carboxylic acids is 2. The van der Waals surface area contributed by atoms with Crippen LogP contribution < -0.4 is 0 Å². The van der Waals surface area contributed by atoms with E-state index < -0.39 is 22.7 Å². The van der Waals surface area contributed by atoms with Gasteiger partial charge in [0.15, 0.2) is 0 Å². The molecule has 0 bridgehead atoms. The number of carbonyl (C=O) groups is 2. The van der Waals surface area contributed by atoms with E-state index in [1.165, 1.54) is 24.8 Å². The summed E-state index contributed by atoms with van der Waals surface area (Å²) < 4.78 is 11.3. The molecule has 10 nitrogen and oxygen atoms in total. The summed E-state index contributed by atoms with van der Waals surface area (Å²) in [5.41, 5.74) is 0.486. The standard InChI is InChI=1S/C34H43N5O5/c1-22(40)38-15-13-25(14-16-38)30-36-29(37-44-30)26-17-28(19-35-18-26)34(42,27-11-9-24(10-12-27)23-7-6-8-23)33(5)20-39(21-33)31(41)43-32(2,3)4/h9-12,17-19,23,25,42H,6-8,13-16,20-21H2,1-5H3. The molecule has 0 spiro atoms. The van der Waals surface area contributed by atoms with Crippen LogP contribution in [0, 0.1) is 5.41 Å². The molecule has 3 aromatic rings. The third kappa shape index (κ3) is 5.60. The van der Waals surface area contributed by atoms with E-state index >= 15 is 0 Å². The number of likely N-dealkylation sites (tertiary alicyclic amines) is 2. The Kier molecular flexibility index (Phi) is 7.76. The molecule has 1 saturated carbocycles. The second kappa shape index (κ2) is 11.3. The second-order valence-corrected chi connectivity index (χ2v) is 14.1. The Balaban J connectivity index is 1.30. The van der Waals surface area contributed by atoms with Gasteiger partial charge in [-0.2, -0.15) is 4.98 Å². The van der Waals surface area contributed by atoms with Crippen molar-refractivity contribution in [3.63, 3.8) is 0 Å². The second-order valence-electron chi connectivity index (χ2n) is 14.1. The fourth-order valence-electron chi connectivity index (χ4n) is 6.80. The third-order valence-electron chi connectivity index (χ3n) is 9.66. The van der Waals surface area contributed by atoms with Gasteiger partial charge in [-0.1, -0.05) is 42.8 Å². The molecule has 1 aliphatic carbocycles. The average Bonchev–Trinajstić information content (AvgIpc) is 3.44. The van der Waals surface area contributed by atoms with Crippen LogP contribution >= 0.6 is 0 Å². The maximum atomic E-state index is 12.9. The number of pyridine rings is 1. The number of piperidine rings is 1. The molecule has 4 heterocycles. The summed E-state index contributed by atoms with van der Waals surface area (Å²) in [5, 5.41) is 17.1. The largest absolute Gasteiger partial charge is 0.444 e. The van der Waals surface area contributed by atoms with E-state index in [0.717, 1.165) is 18.4 Å². The predicted octanol–water partition coefficient (Wildman–Crippen LogP) is 5.62. The van der Waals surface area contributed by atoms with E-state index in [0.29, 0.717) is 54.9 Å². The summed E-state index contributed by atoms with van der Waals surface area (Å²) in [5.74, 6) is 1.69. The highest BCUT2D eigenvalue weighted by Gasteiger charge is 2.58. The van der Waals surface area contributed by atoms with Crippen LogP contribution in [0.4, 0.5) is 4.79 Å². The lowest BCUT2D eigenvalue weighted by atomic mass is 9.62. The van der Waals surface area contributed by atoms with Gasteiger partial charge in [0.1, 0.15) is 11.2 Å². The predicted molar refractivity (Wildman–Crippen MR) is 164 cm³/mol. The number of ether oxygens (including phenoxy) is 1. The van der Waals surface area contributed by atoms with Gasteiger partial charge >= 0.3 is 6.09 Å². The van der Waals surface area contributed by atoms with Crippen molar-refractivity contribution in [1.29, 1.82) is 0 Å². The van der Waals surface area contributed by atoms with E-state index in [9.17, 15) is 14.7 Å². The van der Waals surface area contributed by atoms with Crippen molar-refractivity contribution < 1.29 is 24.0 Å². The molecule has 1 N–H and O–H groups in total. The summed E-state index contributed by atoms with van der Waals surface area (Å²) >= 11 is 0. The first-order valence-corrected chi connectivity index (χ1v) is 15.7. The lowest BCUT2D eigenvalue weighted by Crippen LogP contribution is -2.66. The van der Waals surface area contributed by atoms with Crippen molar-refractivity contribution in [2.75, 3.05) is 26.2 Å². The molecule has 2 saturated heterocycles. The summed E-state index contributed by atoms with van der Waals surface area (Å²) in [4.78, 5) is 37.3. The van der Waals surface area contributed by atoms with Crippen LogP contribution in [-0.4, -0.2) is 73.8 Å². The summed E-state index contributed by atoms with van der Waals surface area (Å²) in [7, 11) is 0.